The van der Waals surface area contributed by atoms with Crippen LogP contribution in [0.1, 0.15) is 26.3 Å². The Bertz CT molecular complexity index is 366. The molecule has 4 nitrogen and oxygen atoms in total. The maximum absolute atomic E-state index is 6.11. The first kappa shape index (κ1) is 13.0. The van der Waals surface area contributed by atoms with Crippen LogP contribution in [0.4, 0.5) is 5.82 Å². The predicted molar refractivity (Wildman–Crippen MR) is 66.3 cm³/mol. The summed E-state index contributed by atoms with van der Waals surface area (Å²) in [6.45, 7) is 7.91. The zero-order chi connectivity index (χ0) is 12.3. The number of nitrogens with one attached hydrogen (secondary N) is 1. The van der Waals surface area contributed by atoms with E-state index in [0.717, 1.165) is 11.4 Å². The van der Waals surface area contributed by atoms with Crippen LogP contribution in [-0.4, -0.2) is 28.0 Å². The number of ether oxygens (including phenoxy) is 1. The molecule has 1 rings (SSSR count). The molecule has 1 aromatic heterocycles. The topological polar surface area (TPSA) is 47.0 Å². The third-order valence-electron chi connectivity index (χ3n) is 2.67. The van der Waals surface area contributed by atoms with Crippen LogP contribution in [0.2, 0.25) is 0 Å². The van der Waals surface area contributed by atoms with E-state index in [0.29, 0.717) is 5.88 Å². The molecule has 1 aromatic rings. The summed E-state index contributed by atoms with van der Waals surface area (Å²) >= 11 is 6.11. The van der Waals surface area contributed by atoms with Gasteiger partial charge < -0.3 is 10.1 Å². The fraction of sp³-hybridized carbons (Fsp3) is 0.636. The van der Waals surface area contributed by atoms with Gasteiger partial charge in [0.05, 0.1) is 18.1 Å². The normalized spacial score (nSPS) is 13.4. The Balaban J connectivity index is 2.98. The minimum atomic E-state index is -0.244. The van der Waals surface area contributed by atoms with E-state index in [1.54, 1.807) is 7.11 Å². The Morgan fingerprint density at radius 1 is 1.44 bits per heavy atom. The molecule has 16 heavy (non-hydrogen) atoms. The molecule has 0 amide bonds. The predicted octanol–water partition coefficient (Wildman–Crippen LogP) is 2.61. The lowest BCUT2D eigenvalue weighted by molar-refractivity contribution is 0.393. The minimum Gasteiger partial charge on any atom is -0.481 e. The molecule has 0 aliphatic carbocycles. The summed E-state index contributed by atoms with van der Waals surface area (Å²) in [5.41, 5.74) is 0.640. The molecule has 0 saturated heterocycles. The third kappa shape index (κ3) is 2.76. The fourth-order valence-electron chi connectivity index (χ4n) is 1.17. The number of aromatic nitrogens is 2. The van der Waals surface area contributed by atoms with Crippen molar-refractivity contribution in [3.63, 3.8) is 0 Å². The van der Waals surface area contributed by atoms with E-state index in [1.807, 2.05) is 27.7 Å². The molecule has 0 radical (unpaired) electrons. The summed E-state index contributed by atoms with van der Waals surface area (Å²) in [4.78, 5) is 8.22. The molecule has 1 heterocycles. The molecular weight excluding hydrogens is 226 g/mol. The summed E-state index contributed by atoms with van der Waals surface area (Å²) in [5.74, 6) is 1.33. The van der Waals surface area contributed by atoms with Gasteiger partial charge in [0.2, 0.25) is 5.88 Å². The summed E-state index contributed by atoms with van der Waals surface area (Å²) in [6.07, 6.45) is 1.48. The molecule has 0 bridgehead atoms. The van der Waals surface area contributed by atoms with Crippen molar-refractivity contribution in [1.82, 2.24) is 9.97 Å². The first-order valence-corrected chi connectivity index (χ1v) is 5.60. The second-order valence-electron chi connectivity index (χ2n) is 4.32. The van der Waals surface area contributed by atoms with Gasteiger partial charge >= 0.3 is 0 Å². The third-order valence-corrected chi connectivity index (χ3v) is 3.21. The Kier molecular flexibility index (Phi) is 3.97. The highest BCUT2D eigenvalue weighted by Gasteiger charge is 2.25. The lowest BCUT2D eigenvalue weighted by atomic mass is 10.0. The monoisotopic (exact) mass is 243 g/mol. The largest absolute Gasteiger partial charge is 0.481 e. The van der Waals surface area contributed by atoms with Crippen LogP contribution >= 0.6 is 11.6 Å². The summed E-state index contributed by atoms with van der Waals surface area (Å²) < 4.78 is 5.14. The molecule has 0 aliphatic rings. The van der Waals surface area contributed by atoms with Gasteiger partial charge in [-0.05, 0) is 27.7 Å². The highest BCUT2D eigenvalue weighted by Crippen LogP contribution is 2.25. The zero-order valence-corrected chi connectivity index (χ0v) is 11.1. The number of nitrogens with zero attached hydrogens (tertiary/aromatic N) is 2. The highest BCUT2D eigenvalue weighted by molar-refractivity contribution is 6.21. The van der Waals surface area contributed by atoms with Crippen molar-refractivity contribution in [3.8, 4) is 5.88 Å². The van der Waals surface area contributed by atoms with Crippen LogP contribution in [0, 0.1) is 6.92 Å². The first-order valence-electron chi connectivity index (χ1n) is 5.16. The van der Waals surface area contributed by atoms with E-state index in [4.69, 9.17) is 16.3 Å². The molecule has 0 spiro atoms. The van der Waals surface area contributed by atoms with Gasteiger partial charge in [0, 0.05) is 5.54 Å². The van der Waals surface area contributed by atoms with Crippen LogP contribution in [0.25, 0.3) is 0 Å². The van der Waals surface area contributed by atoms with Gasteiger partial charge in [-0.3, -0.25) is 0 Å². The lowest BCUT2D eigenvalue weighted by Gasteiger charge is -2.30. The van der Waals surface area contributed by atoms with E-state index in [9.17, 15) is 0 Å². The molecule has 1 atom stereocenters. The number of rotatable bonds is 4. The lowest BCUT2D eigenvalue weighted by Crippen LogP contribution is -2.39. The van der Waals surface area contributed by atoms with Crippen molar-refractivity contribution in [3.05, 3.63) is 11.9 Å². The van der Waals surface area contributed by atoms with Crippen LogP contribution in [0.15, 0.2) is 6.33 Å². The summed E-state index contributed by atoms with van der Waals surface area (Å²) in [6, 6.07) is 0. The maximum atomic E-state index is 6.11. The Hall–Kier alpha value is -1.03. The fourth-order valence-corrected chi connectivity index (χ4v) is 1.22. The Morgan fingerprint density at radius 2 is 2.06 bits per heavy atom. The number of methoxy groups -OCH3 is 1. The number of hydrogen-bond donors (Lipinski definition) is 1. The van der Waals surface area contributed by atoms with Gasteiger partial charge in [-0.1, -0.05) is 0 Å². The van der Waals surface area contributed by atoms with Crippen LogP contribution in [0.3, 0.4) is 0 Å². The van der Waals surface area contributed by atoms with Gasteiger partial charge in [-0.15, -0.1) is 11.6 Å². The SMILES string of the molecule is COc1ncnc(NC(C)(C)C(C)Cl)c1C. The van der Waals surface area contributed by atoms with E-state index in [1.165, 1.54) is 6.33 Å². The van der Waals surface area contributed by atoms with Crippen molar-refractivity contribution >= 4 is 17.4 Å². The van der Waals surface area contributed by atoms with Gasteiger partial charge in [0.15, 0.2) is 0 Å². The highest BCUT2D eigenvalue weighted by atomic mass is 35.5. The number of hydrogen-bond acceptors (Lipinski definition) is 4. The van der Waals surface area contributed by atoms with Crippen molar-refractivity contribution in [2.45, 2.75) is 38.6 Å². The van der Waals surface area contributed by atoms with Crippen molar-refractivity contribution in [2.24, 2.45) is 0 Å². The molecule has 1 unspecified atom stereocenters. The Labute approximate surface area is 101 Å². The maximum Gasteiger partial charge on any atom is 0.221 e. The van der Waals surface area contributed by atoms with Crippen LogP contribution in [0.5, 0.6) is 5.88 Å². The summed E-state index contributed by atoms with van der Waals surface area (Å²) in [5, 5.41) is 3.28. The van der Waals surface area contributed by atoms with Crippen LogP contribution in [-0.2, 0) is 0 Å². The molecule has 0 fully saturated rings. The minimum absolute atomic E-state index is 0.0205. The van der Waals surface area contributed by atoms with Crippen molar-refractivity contribution in [2.75, 3.05) is 12.4 Å². The van der Waals surface area contributed by atoms with Gasteiger partial charge in [-0.2, -0.15) is 0 Å². The smallest absolute Gasteiger partial charge is 0.221 e. The molecule has 90 valence electrons. The number of anilines is 1. The zero-order valence-electron chi connectivity index (χ0n) is 10.3. The molecule has 1 N–H and O–H groups in total. The van der Waals surface area contributed by atoms with Crippen LogP contribution < -0.4 is 10.1 Å². The average Bonchev–Trinajstić information content (AvgIpc) is 2.20. The van der Waals surface area contributed by atoms with E-state index >= 15 is 0 Å². The van der Waals surface area contributed by atoms with Gasteiger partial charge in [0.1, 0.15) is 12.1 Å². The second kappa shape index (κ2) is 4.87. The Morgan fingerprint density at radius 3 is 2.56 bits per heavy atom. The molecule has 0 aliphatic heterocycles. The molecular formula is C11H18ClN3O. The van der Waals surface area contributed by atoms with E-state index in [-0.39, 0.29) is 10.9 Å². The summed E-state index contributed by atoms with van der Waals surface area (Å²) in [7, 11) is 1.59. The molecule has 0 saturated carbocycles. The quantitative estimate of drug-likeness (QED) is 0.826. The first-order chi connectivity index (χ1) is 7.38. The standard InChI is InChI=1S/C11H18ClN3O/c1-7-9(13-6-14-10(7)16-5)15-11(3,4)8(2)12/h6,8H,1-5H3,(H,13,14,15). The van der Waals surface area contributed by atoms with Crippen molar-refractivity contribution in [1.29, 1.82) is 0 Å². The van der Waals surface area contributed by atoms with E-state index in [2.05, 4.69) is 15.3 Å². The van der Waals surface area contributed by atoms with Crippen molar-refractivity contribution < 1.29 is 4.74 Å². The van der Waals surface area contributed by atoms with E-state index < -0.39 is 0 Å². The number of halogens is 1. The number of alkyl halides is 1. The molecule has 0 aromatic carbocycles. The second-order valence-corrected chi connectivity index (χ2v) is 4.97. The van der Waals surface area contributed by atoms with Gasteiger partial charge in [-0.25, -0.2) is 9.97 Å². The average molecular weight is 244 g/mol. The van der Waals surface area contributed by atoms with Gasteiger partial charge in [0.25, 0.3) is 0 Å². The molecule has 5 heteroatoms.